The van der Waals surface area contributed by atoms with Gasteiger partial charge < -0.3 is 5.73 Å². The van der Waals surface area contributed by atoms with Crippen LogP contribution in [0.4, 0.5) is 11.4 Å². The molecule has 0 aliphatic heterocycles. The molecule has 0 saturated carbocycles. The third-order valence-electron chi connectivity index (χ3n) is 2.75. The molecule has 0 amide bonds. The van der Waals surface area contributed by atoms with Crippen molar-refractivity contribution in [3.63, 3.8) is 0 Å². The van der Waals surface area contributed by atoms with Gasteiger partial charge in [-0.2, -0.15) is 0 Å². The van der Waals surface area contributed by atoms with Gasteiger partial charge in [0, 0.05) is 11.9 Å². The number of halogens is 1. The number of aromatic nitrogens is 1. The molecule has 106 valence electrons. The zero-order chi connectivity index (χ0) is 14.9. The number of nitrogens with two attached hydrogens (primary N) is 1. The van der Waals surface area contributed by atoms with Crippen molar-refractivity contribution in [3.8, 4) is 0 Å². The fourth-order valence-electron chi connectivity index (χ4n) is 2.07. The summed E-state index contributed by atoms with van der Waals surface area (Å²) in [6.45, 7) is 3.39. The van der Waals surface area contributed by atoms with Gasteiger partial charge in [0.15, 0.2) is 5.15 Å². The van der Waals surface area contributed by atoms with E-state index in [-0.39, 0.29) is 15.7 Å². The highest BCUT2D eigenvalue weighted by Gasteiger charge is 2.21. The number of pyridine rings is 1. The van der Waals surface area contributed by atoms with Crippen molar-refractivity contribution in [2.45, 2.75) is 18.7 Å². The van der Waals surface area contributed by atoms with Crippen LogP contribution >= 0.6 is 11.6 Å². The van der Waals surface area contributed by atoms with Crippen molar-refractivity contribution in [1.82, 2.24) is 4.98 Å². The minimum atomic E-state index is -3.74. The molecule has 0 fully saturated rings. The van der Waals surface area contributed by atoms with Crippen LogP contribution in [0.2, 0.25) is 5.15 Å². The van der Waals surface area contributed by atoms with Gasteiger partial charge in [0.25, 0.3) is 10.0 Å². The molecule has 0 aliphatic rings. The van der Waals surface area contributed by atoms with Gasteiger partial charge in [0.2, 0.25) is 0 Å². The summed E-state index contributed by atoms with van der Waals surface area (Å²) >= 11 is 5.86. The van der Waals surface area contributed by atoms with Crippen molar-refractivity contribution in [1.29, 1.82) is 0 Å². The first-order chi connectivity index (χ1) is 9.31. The molecule has 0 unspecified atom stereocenters. The van der Waals surface area contributed by atoms with Gasteiger partial charge in [-0.05, 0) is 49.2 Å². The maximum Gasteiger partial charge on any atom is 0.262 e. The average Bonchev–Trinajstić information content (AvgIpc) is 2.30. The number of nitrogen functional groups attached to an aromatic ring is 1. The molecule has 7 heteroatoms. The maximum atomic E-state index is 12.5. The molecule has 20 heavy (non-hydrogen) atoms. The number of nitrogens with one attached hydrogen (secondary N) is 1. The summed E-state index contributed by atoms with van der Waals surface area (Å²) in [6.07, 6.45) is 1.49. The molecule has 0 atom stereocenters. The smallest absolute Gasteiger partial charge is 0.262 e. The lowest BCUT2D eigenvalue weighted by Gasteiger charge is -2.14. The number of anilines is 2. The Morgan fingerprint density at radius 1 is 1.25 bits per heavy atom. The zero-order valence-corrected chi connectivity index (χ0v) is 12.6. The lowest BCUT2D eigenvalue weighted by molar-refractivity contribution is 0.600. The molecular weight excluding hydrogens is 298 g/mol. The molecule has 2 aromatic rings. The molecule has 2 rings (SSSR count). The van der Waals surface area contributed by atoms with E-state index in [1.54, 1.807) is 38.1 Å². The van der Waals surface area contributed by atoms with Gasteiger partial charge in [-0.3, -0.25) is 4.72 Å². The maximum absolute atomic E-state index is 12.5. The van der Waals surface area contributed by atoms with Crippen molar-refractivity contribution in [2.24, 2.45) is 0 Å². The molecule has 1 heterocycles. The highest BCUT2D eigenvalue weighted by Crippen LogP contribution is 2.27. The Labute approximate surface area is 122 Å². The Bertz CT molecular complexity index is 737. The molecule has 3 N–H and O–H groups in total. The summed E-state index contributed by atoms with van der Waals surface area (Å²) < 4.78 is 27.4. The van der Waals surface area contributed by atoms with Crippen LogP contribution in [0.25, 0.3) is 0 Å². The summed E-state index contributed by atoms with van der Waals surface area (Å²) in [7, 11) is -3.74. The van der Waals surface area contributed by atoms with E-state index in [1.807, 2.05) is 0 Å². The first-order valence-electron chi connectivity index (χ1n) is 5.81. The largest absolute Gasteiger partial charge is 0.399 e. The van der Waals surface area contributed by atoms with Gasteiger partial charge in [-0.25, -0.2) is 13.4 Å². The standard InChI is InChI=1S/C13H14ClN3O2S/c1-8-6-10(15)7-9(2)12(8)20(18,19)17-11-4-3-5-16-13(11)14/h3-7,17H,15H2,1-2H3. The van der Waals surface area contributed by atoms with Crippen LogP contribution in [-0.4, -0.2) is 13.4 Å². The van der Waals surface area contributed by atoms with Crippen LogP contribution < -0.4 is 10.5 Å². The number of aryl methyl sites for hydroxylation is 2. The summed E-state index contributed by atoms with van der Waals surface area (Å²) in [5, 5.41) is 0.0989. The molecule has 5 nitrogen and oxygen atoms in total. The van der Waals surface area contributed by atoms with Gasteiger partial charge in [-0.15, -0.1) is 0 Å². The summed E-state index contributed by atoms with van der Waals surface area (Å²) in [5.41, 5.74) is 7.63. The lowest BCUT2D eigenvalue weighted by Crippen LogP contribution is -2.16. The fourth-order valence-corrected chi connectivity index (χ4v) is 3.81. The van der Waals surface area contributed by atoms with E-state index >= 15 is 0 Å². The van der Waals surface area contributed by atoms with E-state index in [4.69, 9.17) is 17.3 Å². The lowest BCUT2D eigenvalue weighted by atomic mass is 10.1. The minimum absolute atomic E-state index is 0.0989. The van der Waals surface area contributed by atoms with Crippen LogP contribution in [-0.2, 0) is 10.0 Å². The Morgan fingerprint density at radius 2 is 1.85 bits per heavy atom. The van der Waals surface area contributed by atoms with Crippen molar-refractivity contribution >= 4 is 33.0 Å². The number of sulfonamides is 1. The summed E-state index contributed by atoms with van der Waals surface area (Å²) in [6, 6.07) is 6.39. The van der Waals surface area contributed by atoms with E-state index in [1.165, 1.54) is 6.20 Å². The molecule has 0 saturated heterocycles. The first-order valence-corrected chi connectivity index (χ1v) is 7.67. The second kappa shape index (κ2) is 5.30. The SMILES string of the molecule is Cc1cc(N)cc(C)c1S(=O)(=O)Nc1cccnc1Cl. The average molecular weight is 312 g/mol. The first kappa shape index (κ1) is 14.6. The quantitative estimate of drug-likeness (QED) is 0.674. The summed E-state index contributed by atoms with van der Waals surface area (Å²) in [4.78, 5) is 4.03. The molecular formula is C13H14ClN3O2S. The predicted octanol–water partition coefficient (Wildman–Crippen LogP) is 2.73. The van der Waals surface area contributed by atoms with Crippen molar-refractivity contribution in [3.05, 3.63) is 46.7 Å². The molecule has 1 aromatic carbocycles. The molecule has 1 aromatic heterocycles. The normalized spacial score (nSPS) is 11.3. The van der Waals surface area contributed by atoms with Gasteiger partial charge in [0.1, 0.15) is 0 Å². The van der Waals surface area contributed by atoms with E-state index < -0.39 is 10.0 Å². The second-order valence-corrected chi connectivity index (χ2v) is 6.41. The number of rotatable bonds is 3. The van der Waals surface area contributed by atoms with Crippen molar-refractivity contribution < 1.29 is 8.42 Å². The number of hydrogen-bond donors (Lipinski definition) is 2. The number of hydrogen-bond acceptors (Lipinski definition) is 4. The third-order valence-corrected chi connectivity index (χ3v) is 4.73. The number of benzene rings is 1. The van der Waals surface area contributed by atoms with Crippen LogP contribution in [0.3, 0.4) is 0 Å². The highest BCUT2D eigenvalue weighted by molar-refractivity contribution is 7.92. The Kier molecular flexibility index (Phi) is 3.87. The predicted molar refractivity (Wildman–Crippen MR) is 80.4 cm³/mol. The summed E-state index contributed by atoms with van der Waals surface area (Å²) in [5.74, 6) is 0. The van der Waals surface area contributed by atoms with E-state index in [0.29, 0.717) is 16.8 Å². The van der Waals surface area contributed by atoms with Gasteiger partial charge >= 0.3 is 0 Å². The van der Waals surface area contributed by atoms with Crippen LogP contribution in [0.15, 0.2) is 35.4 Å². The van der Waals surface area contributed by atoms with Crippen molar-refractivity contribution in [2.75, 3.05) is 10.5 Å². The molecule has 0 spiro atoms. The molecule has 0 aliphatic carbocycles. The van der Waals surface area contributed by atoms with Crippen LogP contribution in [0.5, 0.6) is 0 Å². The minimum Gasteiger partial charge on any atom is -0.399 e. The monoisotopic (exact) mass is 311 g/mol. The Morgan fingerprint density at radius 3 is 2.40 bits per heavy atom. The van der Waals surface area contributed by atoms with Gasteiger partial charge in [-0.1, -0.05) is 11.6 Å². The van der Waals surface area contributed by atoms with Gasteiger partial charge in [0.05, 0.1) is 10.6 Å². The Balaban J connectivity index is 2.50. The van der Waals surface area contributed by atoms with Crippen LogP contribution in [0, 0.1) is 13.8 Å². The van der Waals surface area contributed by atoms with E-state index in [2.05, 4.69) is 9.71 Å². The Hall–Kier alpha value is -1.79. The second-order valence-electron chi connectivity index (χ2n) is 4.43. The third kappa shape index (κ3) is 2.86. The fraction of sp³-hybridized carbons (Fsp3) is 0.154. The zero-order valence-electron chi connectivity index (χ0n) is 11.0. The molecule has 0 bridgehead atoms. The molecule has 0 radical (unpaired) electrons. The topological polar surface area (TPSA) is 85.1 Å². The number of nitrogens with zero attached hydrogens (tertiary/aromatic N) is 1. The van der Waals surface area contributed by atoms with Crippen LogP contribution in [0.1, 0.15) is 11.1 Å². The van der Waals surface area contributed by atoms with E-state index in [9.17, 15) is 8.42 Å². The highest BCUT2D eigenvalue weighted by atomic mass is 35.5. The van der Waals surface area contributed by atoms with E-state index in [0.717, 1.165) is 0 Å².